The number of methoxy groups -OCH3 is 1. The second-order valence-electron chi connectivity index (χ2n) is 4.21. The van der Waals surface area contributed by atoms with Crippen LogP contribution < -0.4 is 10.6 Å². The number of carbonyl (C=O) groups excluding carboxylic acids is 1. The first-order valence-corrected chi connectivity index (χ1v) is 7.57. The van der Waals surface area contributed by atoms with Crippen LogP contribution in [0.15, 0.2) is 29.2 Å². The molecule has 2 amide bonds. The van der Waals surface area contributed by atoms with Gasteiger partial charge in [0.2, 0.25) is 0 Å². The van der Waals surface area contributed by atoms with Crippen LogP contribution in [0, 0.1) is 0 Å². The first-order chi connectivity index (χ1) is 9.19. The number of rotatable bonds is 7. The van der Waals surface area contributed by atoms with Gasteiger partial charge >= 0.3 is 6.03 Å². The molecule has 0 saturated heterocycles. The normalized spacial score (nSPS) is 11.9. The van der Waals surface area contributed by atoms with Crippen LogP contribution in [0.2, 0.25) is 0 Å². The molecule has 0 saturated carbocycles. The van der Waals surface area contributed by atoms with Crippen LogP contribution in [0.4, 0.5) is 4.79 Å². The summed E-state index contributed by atoms with van der Waals surface area (Å²) >= 11 is 1.69. The van der Waals surface area contributed by atoms with Gasteiger partial charge in [0.1, 0.15) is 0 Å². The molecule has 1 rings (SSSR count). The minimum absolute atomic E-state index is 0.00826. The standard InChI is InChI=1S/C14H22N2O2S/c1-11(12-7-4-5-8-13(12)19-3)16-14(17)15-9-6-10-18-2/h4-5,7-8,11H,6,9-10H2,1-3H3,(H2,15,16,17)/t11-/m1/s1. The zero-order valence-electron chi connectivity index (χ0n) is 11.7. The van der Waals surface area contributed by atoms with Gasteiger partial charge in [0, 0.05) is 25.2 Å². The average molecular weight is 282 g/mol. The number of hydrogen-bond acceptors (Lipinski definition) is 3. The van der Waals surface area contributed by atoms with Gasteiger partial charge in [0.15, 0.2) is 0 Å². The second-order valence-corrected chi connectivity index (χ2v) is 5.06. The summed E-state index contributed by atoms with van der Waals surface area (Å²) in [5.41, 5.74) is 1.14. The zero-order valence-corrected chi connectivity index (χ0v) is 12.5. The molecule has 0 aliphatic rings. The van der Waals surface area contributed by atoms with Crippen molar-refractivity contribution in [2.24, 2.45) is 0 Å². The largest absolute Gasteiger partial charge is 0.385 e. The highest BCUT2D eigenvalue weighted by Gasteiger charge is 2.11. The van der Waals surface area contributed by atoms with Crippen LogP contribution in [0.3, 0.4) is 0 Å². The number of benzene rings is 1. The Kier molecular flexibility index (Phi) is 7.36. The molecular formula is C14H22N2O2S. The van der Waals surface area contributed by atoms with Crippen molar-refractivity contribution in [2.45, 2.75) is 24.3 Å². The summed E-state index contributed by atoms with van der Waals surface area (Å²) in [6.45, 7) is 3.27. The minimum Gasteiger partial charge on any atom is -0.385 e. The Bertz CT molecular complexity index is 399. The summed E-state index contributed by atoms with van der Waals surface area (Å²) in [5.74, 6) is 0. The number of carbonyl (C=O) groups is 1. The third-order valence-electron chi connectivity index (χ3n) is 2.76. The molecule has 0 radical (unpaired) electrons. The number of amides is 2. The fraction of sp³-hybridized carbons (Fsp3) is 0.500. The lowest BCUT2D eigenvalue weighted by Gasteiger charge is -2.17. The van der Waals surface area contributed by atoms with E-state index in [0.717, 1.165) is 12.0 Å². The van der Waals surface area contributed by atoms with E-state index in [1.807, 2.05) is 31.4 Å². The van der Waals surface area contributed by atoms with Crippen molar-refractivity contribution in [3.8, 4) is 0 Å². The summed E-state index contributed by atoms with van der Waals surface area (Å²) in [4.78, 5) is 12.9. The Morgan fingerprint density at radius 3 is 2.84 bits per heavy atom. The zero-order chi connectivity index (χ0) is 14.1. The summed E-state index contributed by atoms with van der Waals surface area (Å²) in [5, 5.41) is 5.76. The van der Waals surface area contributed by atoms with Gasteiger partial charge < -0.3 is 15.4 Å². The van der Waals surface area contributed by atoms with Crippen molar-refractivity contribution in [1.82, 2.24) is 10.6 Å². The molecule has 0 spiro atoms. The van der Waals surface area contributed by atoms with Gasteiger partial charge in [-0.25, -0.2) is 4.79 Å². The number of urea groups is 1. The Morgan fingerprint density at radius 1 is 1.42 bits per heavy atom. The van der Waals surface area contributed by atoms with Crippen LogP contribution in [-0.4, -0.2) is 32.5 Å². The van der Waals surface area contributed by atoms with E-state index in [2.05, 4.69) is 16.7 Å². The van der Waals surface area contributed by atoms with Gasteiger partial charge in [-0.15, -0.1) is 11.8 Å². The molecule has 1 aromatic carbocycles. The van der Waals surface area contributed by atoms with E-state index in [-0.39, 0.29) is 12.1 Å². The number of thioether (sulfide) groups is 1. The fourth-order valence-corrected chi connectivity index (χ4v) is 2.46. The van der Waals surface area contributed by atoms with E-state index in [1.165, 1.54) is 4.90 Å². The average Bonchev–Trinajstić information content (AvgIpc) is 2.43. The highest BCUT2D eigenvalue weighted by Crippen LogP contribution is 2.25. The molecule has 0 aromatic heterocycles. The topological polar surface area (TPSA) is 50.4 Å². The highest BCUT2D eigenvalue weighted by atomic mass is 32.2. The molecule has 0 aliphatic heterocycles. The summed E-state index contributed by atoms with van der Waals surface area (Å²) in [7, 11) is 1.65. The van der Waals surface area contributed by atoms with E-state index in [4.69, 9.17) is 4.74 Å². The Morgan fingerprint density at radius 2 is 2.16 bits per heavy atom. The molecule has 0 unspecified atom stereocenters. The molecule has 1 aromatic rings. The van der Waals surface area contributed by atoms with Gasteiger partial charge in [-0.2, -0.15) is 0 Å². The molecule has 5 heteroatoms. The van der Waals surface area contributed by atoms with Gasteiger partial charge in [-0.1, -0.05) is 18.2 Å². The van der Waals surface area contributed by atoms with Crippen molar-refractivity contribution >= 4 is 17.8 Å². The number of ether oxygens (including phenoxy) is 1. The smallest absolute Gasteiger partial charge is 0.315 e. The second kappa shape index (κ2) is 8.82. The van der Waals surface area contributed by atoms with Crippen LogP contribution in [0.1, 0.15) is 24.9 Å². The minimum atomic E-state index is -0.139. The maximum Gasteiger partial charge on any atom is 0.315 e. The van der Waals surface area contributed by atoms with Crippen LogP contribution in [0.5, 0.6) is 0 Å². The van der Waals surface area contributed by atoms with Crippen LogP contribution in [0.25, 0.3) is 0 Å². The molecule has 0 fully saturated rings. The third-order valence-corrected chi connectivity index (χ3v) is 3.58. The van der Waals surface area contributed by atoms with Crippen molar-refractivity contribution in [3.05, 3.63) is 29.8 Å². The predicted octanol–water partition coefficient (Wildman–Crippen LogP) is 2.81. The van der Waals surface area contributed by atoms with E-state index in [0.29, 0.717) is 13.2 Å². The first kappa shape index (κ1) is 15.9. The molecule has 2 N–H and O–H groups in total. The summed E-state index contributed by atoms with van der Waals surface area (Å²) in [6, 6.07) is 7.96. The van der Waals surface area contributed by atoms with Crippen molar-refractivity contribution in [2.75, 3.05) is 26.5 Å². The number of nitrogens with one attached hydrogen (secondary N) is 2. The monoisotopic (exact) mass is 282 g/mol. The van der Waals surface area contributed by atoms with Crippen LogP contribution in [-0.2, 0) is 4.74 Å². The fourth-order valence-electron chi connectivity index (χ4n) is 1.77. The quantitative estimate of drug-likeness (QED) is 0.597. The van der Waals surface area contributed by atoms with E-state index < -0.39 is 0 Å². The van der Waals surface area contributed by atoms with Gasteiger partial charge in [0.05, 0.1) is 6.04 Å². The predicted molar refractivity (Wildman–Crippen MR) is 79.7 cm³/mol. The molecule has 0 heterocycles. The van der Waals surface area contributed by atoms with E-state index >= 15 is 0 Å². The van der Waals surface area contributed by atoms with Crippen molar-refractivity contribution in [3.63, 3.8) is 0 Å². The van der Waals surface area contributed by atoms with Crippen molar-refractivity contribution in [1.29, 1.82) is 0 Å². The van der Waals surface area contributed by atoms with E-state index in [1.54, 1.807) is 18.9 Å². The SMILES string of the molecule is COCCCNC(=O)N[C@H](C)c1ccccc1SC. The van der Waals surface area contributed by atoms with Gasteiger partial charge in [0.25, 0.3) is 0 Å². The molecule has 0 bridgehead atoms. The molecular weight excluding hydrogens is 260 g/mol. The third kappa shape index (κ3) is 5.53. The van der Waals surface area contributed by atoms with Crippen LogP contribution >= 0.6 is 11.8 Å². The van der Waals surface area contributed by atoms with Crippen molar-refractivity contribution < 1.29 is 9.53 Å². The maximum absolute atomic E-state index is 11.7. The summed E-state index contributed by atoms with van der Waals surface area (Å²) in [6.07, 6.45) is 2.86. The molecule has 4 nitrogen and oxygen atoms in total. The highest BCUT2D eigenvalue weighted by molar-refractivity contribution is 7.98. The van der Waals surface area contributed by atoms with E-state index in [9.17, 15) is 4.79 Å². The molecule has 1 atom stereocenters. The summed E-state index contributed by atoms with van der Waals surface area (Å²) < 4.78 is 4.93. The first-order valence-electron chi connectivity index (χ1n) is 6.35. The Hall–Kier alpha value is -1.20. The lowest BCUT2D eigenvalue weighted by molar-refractivity contribution is 0.193. The lowest BCUT2D eigenvalue weighted by Crippen LogP contribution is -2.37. The van der Waals surface area contributed by atoms with Gasteiger partial charge in [-0.3, -0.25) is 0 Å². The Labute approximate surface area is 119 Å². The lowest BCUT2D eigenvalue weighted by atomic mass is 10.1. The molecule has 0 aliphatic carbocycles. The molecule has 106 valence electrons. The number of hydrogen-bond donors (Lipinski definition) is 2. The Balaban J connectivity index is 2.45. The maximum atomic E-state index is 11.7. The van der Waals surface area contributed by atoms with Gasteiger partial charge in [-0.05, 0) is 31.2 Å². The molecule has 19 heavy (non-hydrogen) atoms.